The Hall–Kier alpha value is -3.08. The number of rotatable bonds is 8. The van der Waals surface area contributed by atoms with Gasteiger partial charge >= 0.3 is 0 Å². The maximum Gasteiger partial charge on any atom is 0.255 e. The number of hydrogen-bond acceptors (Lipinski definition) is 3. The van der Waals surface area contributed by atoms with Crippen LogP contribution in [0.2, 0.25) is 0 Å². The van der Waals surface area contributed by atoms with Gasteiger partial charge in [0.05, 0.1) is 12.3 Å². The van der Waals surface area contributed by atoms with Gasteiger partial charge in [-0.25, -0.2) is 0 Å². The van der Waals surface area contributed by atoms with Crippen LogP contribution in [-0.2, 0) is 0 Å². The summed E-state index contributed by atoms with van der Waals surface area (Å²) in [5.74, 6) is 0.180. The summed E-state index contributed by atoms with van der Waals surface area (Å²) in [5, 5.41) is 5.82. The van der Waals surface area contributed by atoms with Gasteiger partial charge in [0.15, 0.2) is 0 Å². The quantitative estimate of drug-likeness (QED) is 0.624. The van der Waals surface area contributed by atoms with Crippen molar-refractivity contribution in [1.82, 2.24) is 5.32 Å². The predicted octanol–water partition coefficient (Wildman–Crippen LogP) is 4.96. The molecule has 0 aliphatic heterocycles. The second kappa shape index (κ2) is 10.5. The van der Waals surface area contributed by atoms with Crippen LogP contribution < -0.4 is 15.4 Å². The number of hydrogen-bond donors (Lipinski definition) is 2. The Morgan fingerprint density at radius 2 is 1.79 bits per heavy atom. The Morgan fingerprint density at radius 3 is 2.55 bits per heavy atom. The summed E-state index contributed by atoms with van der Waals surface area (Å²) in [6.45, 7) is 3.02. The maximum absolute atomic E-state index is 12.7. The summed E-state index contributed by atoms with van der Waals surface area (Å²) in [4.78, 5) is 25.1. The number of amides is 2. The molecule has 0 spiro atoms. The SMILES string of the molecule is CCOc1ccccc1NC(=O)c1cccc(C(=O)NCCC2=CCCCC2)c1. The van der Waals surface area contributed by atoms with Crippen molar-refractivity contribution in [2.75, 3.05) is 18.5 Å². The molecule has 3 rings (SSSR count). The first-order chi connectivity index (χ1) is 14.2. The van der Waals surface area contributed by atoms with Crippen LogP contribution in [-0.4, -0.2) is 25.0 Å². The number of nitrogens with one attached hydrogen (secondary N) is 2. The summed E-state index contributed by atoms with van der Waals surface area (Å²) < 4.78 is 5.55. The minimum absolute atomic E-state index is 0.161. The zero-order valence-corrected chi connectivity index (χ0v) is 16.9. The molecule has 2 aromatic rings. The van der Waals surface area contributed by atoms with Crippen LogP contribution in [0.5, 0.6) is 5.75 Å². The van der Waals surface area contributed by atoms with Crippen molar-refractivity contribution >= 4 is 17.5 Å². The Balaban J connectivity index is 1.60. The summed E-state index contributed by atoms with van der Waals surface area (Å²) in [5.41, 5.74) is 2.94. The van der Waals surface area contributed by atoms with Crippen LogP contribution in [0.1, 0.15) is 59.7 Å². The van der Waals surface area contributed by atoms with Crippen LogP contribution in [0, 0.1) is 0 Å². The average molecular weight is 392 g/mol. The maximum atomic E-state index is 12.7. The van der Waals surface area contributed by atoms with Crippen molar-refractivity contribution < 1.29 is 14.3 Å². The van der Waals surface area contributed by atoms with E-state index in [0.29, 0.717) is 35.7 Å². The number of allylic oxidation sites excluding steroid dienone is 1. The summed E-state index contributed by atoms with van der Waals surface area (Å²) in [6.07, 6.45) is 7.96. The molecule has 0 heterocycles. The molecule has 0 saturated carbocycles. The Labute approximate surface area is 172 Å². The smallest absolute Gasteiger partial charge is 0.255 e. The van der Waals surface area contributed by atoms with Crippen molar-refractivity contribution in [2.24, 2.45) is 0 Å². The molecule has 0 bridgehead atoms. The standard InChI is InChI=1S/C24H28N2O3/c1-2-29-22-14-7-6-13-21(22)26-24(28)20-12-8-11-19(17-20)23(27)25-16-15-18-9-4-3-5-10-18/h6-9,11-14,17H,2-5,10,15-16H2,1H3,(H,25,27)(H,26,28). The van der Waals surface area contributed by atoms with Crippen molar-refractivity contribution in [2.45, 2.75) is 39.0 Å². The summed E-state index contributed by atoms with van der Waals surface area (Å²) >= 11 is 0. The van der Waals surface area contributed by atoms with Crippen LogP contribution in [0.4, 0.5) is 5.69 Å². The first-order valence-electron chi connectivity index (χ1n) is 10.3. The summed E-state index contributed by atoms with van der Waals surface area (Å²) in [6, 6.07) is 14.1. The van der Waals surface area contributed by atoms with E-state index in [4.69, 9.17) is 4.74 Å². The third-order valence-electron chi connectivity index (χ3n) is 4.94. The molecule has 5 nitrogen and oxygen atoms in total. The number of carbonyl (C=O) groups is 2. The Kier molecular flexibility index (Phi) is 7.45. The van der Waals surface area contributed by atoms with Gasteiger partial charge in [0.25, 0.3) is 11.8 Å². The molecule has 0 radical (unpaired) electrons. The Morgan fingerprint density at radius 1 is 1.00 bits per heavy atom. The highest BCUT2D eigenvalue weighted by Gasteiger charge is 2.13. The van der Waals surface area contributed by atoms with Gasteiger partial charge in [-0.15, -0.1) is 0 Å². The topological polar surface area (TPSA) is 67.4 Å². The zero-order chi connectivity index (χ0) is 20.5. The van der Waals surface area contributed by atoms with E-state index in [9.17, 15) is 9.59 Å². The molecule has 152 valence electrons. The van der Waals surface area contributed by atoms with Gasteiger partial charge in [0.2, 0.25) is 0 Å². The van der Waals surface area contributed by atoms with E-state index >= 15 is 0 Å². The predicted molar refractivity (Wildman–Crippen MR) is 116 cm³/mol. The fraction of sp³-hybridized carbons (Fsp3) is 0.333. The highest BCUT2D eigenvalue weighted by molar-refractivity contribution is 6.06. The molecule has 2 N–H and O–H groups in total. The minimum atomic E-state index is -0.279. The lowest BCUT2D eigenvalue weighted by Gasteiger charge is -2.13. The number of ether oxygens (including phenoxy) is 1. The first kappa shape index (κ1) is 20.6. The lowest BCUT2D eigenvalue weighted by molar-refractivity contribution is 0.0954. The first-order valence-corrected chi connectivity index (χ1v) is 10.3. The van der Waals surface area contributed by atoms with Crippen LogP contribution >= 0.6 is 0 Å². The van der Waals surface area contributed by atoms with Crippen LogP contribution in [0.25, 0.3) is 0 Å². The number of anilines is 1. The van der Waals surface area contributed by atoms with E-state index < -0.39 is 0 Å². The molecule has 29 heavy (non-hydrogen) atoms. The van der Waals surface area contributed by atoms with E-state index in [1.807, 2.05) is 25.1 Å². The monoisotopic (exact) mass is 392 g/mol. The van der Waals surface area contributed by atoms with E-state index in [1.54, 1.807) is 30.3 Å². The lowest BCUT2D eigenvalue weighted by Crippen LogP contribution is -2.25. The van der Waals surface area contributed by atoms with Gasteiger partial charge < -0.3 is 15.4 Å². The van der Waals surface area contributed by atoms with Crippen molar-refractivity contribution in [3.8, 4) is 5.75 Å². The van der Waals surface area contributed by atoms with Gasteiger partial charge in [0.1, 0.15) is 5.75 Å². The van der Waals surface area contributed by atoms with Crippen LogP contribution in [0.15, 0.2) is 60.2 Å². The molecular formula is C24H28N2O3. The van der Waals surface area contributed by atoms with E-state index in [0.717, 1.165) is 19.3 Å². The van der Waals surface area contributed by atoms with Gasteiger partial charge in [0, 0.05) is 17.7 Å². The molecule has 2 amide bonds. The number of benzene rings is 2. The fourth-order valence-corrected chi connectivity index (χ4v) is 3.42. The largest absolute Gasteiger partial charge is 0.492 e. The van der Waals surface area contributed by atoms with Gasteiger partial charge in [-0.05, 0) is 69.4 Å². The highest BCUT2D eigenvalue weighted by Crippen LogP contribution is 2.24. The van der Waals surface area contributed by atoms with Crippen molar-refractivity contribution in [3.05, 3.63) is 71.3 Å². The summed E-state index contributed by atoms with van der Waals surface area (Å²) in [7, 11) is 0. The molecule has 0 aromatic heterocycles. The van der Waals surface area contributed by atoms with Crippen LogP contribution in [0.3, 0.4) is 0 Å². The fourth-order valence-electron chi connectivity index (χ4n) is 3.42. The normalized spacial score (nSPS) is 13.3. The molecule has 0 saturated heterocycles. The second-order valence-electron chi connectivity index (χ2n) is 7.08. The van der Waals surface area contributed by atoms with Gasteiger partial charge in [-0.2, -0.15) is 0 Å². The lowest BCUT2D eigenvalue weighted by atomic mass is 9.97. The Bertz CT molecular complexity index is 889. The van der Waals surface area contributed by atoms with Crippen molar-refractivity contribution in [1.29, 1.82) is 0 Å². The minimum Gasteiger partial charge on any atom is -0.492 e. The molecular weight excluding hydrogens is 364 g/mol. The molecule has 1 aliphatic carbocycles. The van der Waals surface area contributed by atoms with E-state index in [2.05, 4.69) is 16.7 Å². The van der Waals surface area contributed by atoms with E-state index in [1.165, 1.54) is 18.4 Å². The molecule has 5 heteroatoms. The molecule has 0 unspecified atom stereocenters. The van der Waals surface area contributed by atoms with Gasteiger partial charge in [-0.1, -0.05) is 29.8 Å². The van der Waals surface area contributed by atoms with E-state index in [-0.39, 0.29) is 11.8 Å². The number of para-hydroxylation sites is 2. The highest BCUT2D eigenvalue weighted by atomic mass is 16.5. The zero-order valence-electron chi connectivity index (χ0n) is 16.9. The number of carbonyl (C=O) groups excluding carboxylic acids is 2. The molecule has 1 aliphatic rings. The third kappa shape index (κ3) is 5.95. The second-order valence-corrected chi connectivity index (χ2v) is 7.08. The molecule has 0 fully saturated rings. The molecule has 2 aromatic carbocycles. The van der Waals surface area contributed by atoms with Crippen molar-refractivity contribution in [3.63, 3.8) is 0 Å². The van der Waals surface area contributed by atoms with Gasteiger partial charge in [-0.3, -0.25) is 9.59 Å². The third-order valence-corrected chi connectivity index (χ3v) is 4.94. The average Bonchev–Trinajstić information content (AvgIpc) is 2.76. The molecule has 0 atom stereocenters.